The molecule has 0 aliphatic heterocycles. The zero-order valence-electron chi connectivity index (χ0n) is 11.6. The van der Waals surface area contributed by atoms with Gasteiger partial charge in [0.2, 0.25) is 5.91 Å². The van der Waals surface area contributed by atoms with Crippen LogP contribution in [0.1, 0.15) is 25.8 Å². The number of carbonyl (C=O) groups excluding carboxylic acids is 1. The zero-order chi connectivity index (χ0) is 14.3. The molecule has 4 nitrogen and oxygen atoms in total. The summed E-state index contributed by atoms with van der Waals surface area (Å²) in [7, 11) is 0. The van der Waals surface area contributed by atoms with Gasteiger partial charge in [-0.3, -0.25) is 4.79 Å². The van der Waals surface area contributed by atoms with Crippen molar-refractivity contribution in [2.24, 2.45) is 5.73 Å². The highest BCUT2D eigenvalue weighted by Gasteiger charge is 2.09. The fraction of sp³-hybridized carbons (Fsp3) is 0.500. The molecule has 1 amide bonds. The number of nitrogens with two attached hydrogens (primary N) is 1. The smallest absolute Gasteiger partial charge is 0.236 e. The standard InChI is InChI=1S/C14H22BrN3O/c1-3-7-17-9-11-5-6-12(8-13(11)15)18(4-2)10-14(16)19/h5-6,8,17H,3-4,7,9-10H2,1-2H3,(H2,16,19). The average molecular weight is 328 g/mol. The molecule has 0 spiro atoms. The fourth-order valence-corrected chi connectivity index (χ4v) is 2.36. The second-order valence-electron chi connectivity index (χ2n) is 4.43. The van der Waals surface area contributed by atoms with Crippen molar-refractivity contribution in [3.05, 3.63) is 28.2 Å². The van der Waals surface area contributed by atoms with Gasteiger partial charge in [-0.2, -0.15) is 0 Å². The first-order valence-corrected chi connectivity index (χ1v) is 7.40. The lowest BCUT2D eigenvalue weighted by molar-refractivity contribution is -0.116. The van der Waals surface area contributed by atoms with E-state index in [4.69, 9.17) is 5.73 Å². The first kappa shape index (κ1) is 16.0. The third kappa shape index (κ3) is 5.20. The minimum Gasteiger partial charge on any atom is -0.368 e. The van der Waals surface area contributed by atoms with E-state index in [9.17, 15) is 4.79 Å². The third-order valence-electron chi connectivity index (χ3n) is 2.87. The van der Waals surface area contributed by atoms with Crippen molar-refractivity contribution >= 4 is 27.5 Å². The van der Waals surface area contributed by atoms with Gasteiger partial charge in [0.15, 0.2) is 0 Å². The van der Waals surface area contributed by atoms with Gasteiger partial charge in [0.1, 0.15) is 0 Å². The van der Waals surface area contributed by atoms with Crippen LogP contribution in [0.25, 0.3) is 0 Å². The molecular formula is C14H22BrN3O. The van der Waals surface area contributed by atoms with Crippen LogP contribution < -0.4 is 16.0 Å². The van der Waals surface area contributed by atoms with Crippen LogP contribution in [0.15, 0.2) is 22.7 Å². The second kappa shape index (κ2) is 8.17. The summed E-state index contributed by atoms with van der Waals surface area (Å²) in [6, 6.07) is 6.14. The highest BCUT2D eigenvalue weighted by atomic mass is 79.9. The molecule has 0 saturated heterocycles. The third-order valence-corrected chi connectivity index (χ3v) is 3.61. The lowest BCUT2D eigenvalue weighted by atomic mass is 10.2. The molecule has 0 aromatic heterocycles. The maximum Gasteiger partial charge on any atom is 0.236 e. The molecule has 0 radical (unpaired) electrons. The molecule has 0 fully saturated rings. The minimum absolute atomic E-state index is 0.246. The van der Waals surface area contributed by atoms with Crippen molar-refractivity contribution in [1.82, 2.24) is 5.32 Å². The van der Waals surface area contributed by atoms with Crippen molar-refractivity contribution in [3.63, 3.8) is 0 Å². The number of amides is 1. The molecule has 0 atom stereocenters. The second-order valence-corrected chi connectivity index (χ2v) is 5.29. The Morgan fingerprint density at radius 3 is 2.68 bits per heavy atom. The number of nitrogens with zero attached hydrogens (tertiary/aromatic N) is 1. The van der Waals surface area contributed by atoms with Crippen molar-refractivity contribution in [3.8, 4) is 0 Å². The summed E-state index contributed by atoms with van der Waals surface area (Å²) in [6.07, 6.45) is 1.12. The normalized spacial score (nSPS) is 10.5. The average Bonchev–Trinajstić information content (AvgIpc) is 2.38. The summed E-state index contributed by atoms with van der Waals surface area (Å²) in [4.78, 5) is 13.0. The number of rotatable bonds is 8. The highest BCUT2D eigenvalue weighted by molar-refractivity contribution is 9.10. The van der Waals surface area contributed by atoms with Crippen LogP contribution in [0.3, 0.4) is 0 Å². The summed E-state index contributed by atoms with van der Waals surface area (Å²) in [5.41, 5.74) is 7.47. The summed E-state index contributed by atoms with van der Waals surface area (Å²) in [6.45, 7) is 7.01. The lowest BCUT2D eigenvalue weighted by Gasteiger charge is -2.22. The number of anilines is 1. The Bertz CT molecular complexity index is 423. The van der Waals surface area contributed by atoms with E-state index in [-0.39, 0.29) is 12.5 Å². The Kier molecular flexibility index (Phi) is 6.87. The maximum absolute atomic E-state index is 11.0. The zero-order valence-corrected chi connectivity index (χ0v) is 13.2. The van der Waals surface area contributed by atoms with Crippen molar-refractivity contribution in [2.45, 2.75) is 26.8 Å². The topological polar surface area (TPSA) is 58.4 Å². The first-order valence-electron chi connectivity index (χ1n) is 6.60. The van der Waals surface area contributed by atoms with Crippen molar-refractivity contribution in [2.75, 3.05) is 24.5 Å². The molecule has 19 heavy (non-hydrogen) atoms. The number of nitrogens with one attached hydrogen (secondary N) is 1. The summed E-state index contributed by atoms with van der Waals surface area (Å²) < 4.78 is 1.05. The van der Waals surface area contributed by atoms with Crippen LogP contribution in [-0.4, -0.2) is 25.5 Å². The molecule has 0 unspecified atom stereocenters. The molecule has 1 rings (SSSR count). The van der Waals surface area contributed by atoms with Gasteiger partial charge in [0.05, 0.1) is 6.54 Å². The number of halogens is 1. The Labute approximate surface area is 123 Å². The van der Waals surface area contributed by atoms with Gasteiger partial charge in [-0.05, 0) is 37.6 Å². The quantitative estimate of drug-likeness (QED) is 0.720. The van der Waals surface area contributed by atoms with E-state index in [1.54, 1.807) is 0 Å². The molecule has 3 N–H and O–H groups in total. The van der Waals surface area contributed by atoms with E-state index in [0.29, 0.717) is 0 Å². The predicted octanol–water partition coefficient (Wildman–Crippen LogP) is 2.26. The number of carbonyl (C=O) groups is 1. The van der Waals surface area contributed by atoms with Gasteiger partial charge in [-0.25, -0.2) is 0 Å². The Morgan fingerprint density at radius 2 is 2.16 bits per heavy atom. The fourth-order valence-electron chi connectivity index (χ4n) is 1.85. The van der Waals surface area contributed by atoms with E-state index in [1.807, 2.05) is 24.0 Å². The summed E-state index contributed by atoms with van der Waals surface area (Å²) in [5, 5.41) is 3.37. The Morgan fingerprint density at radius 1 is 1.42 bits per heavy atom. The predicted molar refractivity (Wildman–Crippen MR) is 83.2 cm³/mol. The Hall–Kier alpha value is -1.07. The van der Waals surface area contributed by atoms with Gasteiger partial charge in [-0.1, -0.05) is 28.9 Å². The molecule has 0 aliphatic carbocycles. The summed E-state index contributed by atoms with van der Waals surface area (Å²) in [5.74, 6) is -0.313. The molecule has 5 heteroatoms. The minimum atomic E-state index is -0.313. The number of hydrogen-bond donors (Lipinski definition) is 2. The first-order chi connectivity index (χ1) is 9.08. The molecule has 106 valence electrons. The summed E-state index contributed by atoms with van der Waals surface area (Å²) >= 11 is 3.58. The van der Waals surface area contributed by atoms with Crippen LogP contribution in [0.4, 0.5) is 5.69 Å². The van der Waals surface area contributed by atoms with Gasteiger partial charge in [0, 0.05) is 23.2 Å². The molecule has 1 aromatic rings. The highest BCUT2D eigenvalue weighted by Crippen LogP contribution is 2.24. The van der Waals surface area contributed by atoms with Crippen LogP contribution >= 0.6 is 15.9 Å². The number of benzene rings is 1. The van der Waals surface area contributed by atoms with E-state index in [2.05, 4.69) is 34.2 Å². The van der Waals surface area contributed by atoms with Gasteiger partial charge in [0.25, 0.3) is 0 Å². The number of hydrogen-bond acceptors (Lipinski definition) is 3. The SMILES string of the molecule is CCCNCc1ccc(N(CC)CC(N)=O)cc1Br. The monoisotopic (exact) mass is 327 g/mol. The van der Waals surface area contributed by atoms with E-state index < -0.39 is 0 Å². The van der Waals surface area contributed by atoms with E-state index in [0.717, 1.165) is 36.2 Å². The van der Waals surface area contributed by atoms with Crippen molar-refractivity contribution < 1.29 is 4.79 Å². The molecule has 0 heterocycles. The van der Waals surface area contributed by atoms with E-state index in [1.165, 1.54) is 5.56 Å². The van der Waals surface area contributed by atoms with Crippen LogP contribution in [0.2, 0.25) is 0 Å². The van der Waals surface area contributed by atoms with Crippen LogP contribution in [0.5, 0.6) is 0 Å². The van der Waals surface area contributed by atoms with Gasteiger partial charge in [-0.15, -0.1) is 0 Å². The molecule has 0 bridgehead atoms. The van der Waals surface area contributed by atoms with E-state index >= 15 is 0 Å². The largest absolute Gasteiger partial charge is 0.368 e. The number of likely N-dealkylation sites (N-methyl/N-ethyl adjacent to an activating group) is 1. The van der Waals surface area contributed by atoms with Crippen molar-refractivity contribution in [1.29, 1.82) is 0 Å². The number of primary amides is 1. The molecule has 0 aliphatic rings. The maximum atomic E-state index is 11.0. The molecule has 0 saturated carbocycles. The lowest BCUT2D eigenvalue weighted by Crippen LogP contribution is -2.33. The van der Waals surface area contributed by atoms with Crippen LogP contribution in [-0.2, 0) is 11.3 Å². The van der Waals surface area contributed by atoms with Gasteiger partial charge >= 0.3 is 0 Å². The van der Waals surface area contributed by atoms with Gasteiger partial charge < -0.3 is 16.0 Å². The molecule has 1 aromatic carbocycles. The Balaban J connectivity index is 2.76. The van der Waals surface area contributed by atoms with Crippen LogP contribution in [0, 0.1) is 0 Å². The molecular weight excluding hydrogens is 306 g/mol.